The quantitative estimate of drug-likeness (QED) is 0.665. The van der Waals surface area contributed by atoms with Gasteiger partial charge in [-0.1, -0.05) is 37.5 Å². The Morgan fingerprint density at radius 3 is 2.54 bits per heavy atom. The highest BCUT2D eigenvalue weighted by atomic mass is 16.3. The summed E-state index contributed by atoms with van der Waals surface area (Å²) in [4.78, 5) is 41.6. The van der Waals surface area contributed by atoms with Crippen LogP contribution in [0.2, 0.25) is 0 Å². The fourth-order valence-electron chi connectivity index (χ4n) is 5.82. The number of nitrogens with zero attached hydrogens (tertiary/aromatic N) is 1. The molecule has 7 heteroatoms. The molecule has 1 aromatic rings. The predicted molar refractivity (Wildman–Crippen MR) is 101 cm³/mol. The fourth-order valence-corrected chi connectivity index (χ4v) is 5.82. The molecule has 3 fully saturated rings. The van der Waals surface area contributed by atoms with Crippen LogP contribution in [0, 0.1) is 11.8 Å². The summed E-state index contributed by atoms with van der Waals surface area (Å²) in [6, 6.07) is 6.54. The van der Waals surface area contributed by atoms with Gasteiger partial charge in [0.2, 0.25) is 17.7 Å². The minimum Gasteiger partial charge on any atom is -0.392 e. The molecule has 4 aliphatic rings. The van der Waals surface area contributed by atoms with Crippen molar-refractivity contribution >= 4 is 23.4 Å². The van der Waals surface area contributed by atoms with Gasteiger partial charge in [-0.25, -0.2) is 0 Å². The van der Waals surface area contributed by atoms with Crippen LogP contribution in [0.25, 0.3) is 0 Å². The molecular formula is C21H25N3O4. The molecule has 0 aromatic heterocycles. The first-order valence-corrected chi connectivity index (χ1v) is 10.2. The van der Waals surface area contributed by atoms with E-state index in [-0.39, 0.29) is 23.8 Å². The maximum Gasteiger partial charge on any atom is 0.250 e. The van der Waals surface area contributed by atoms with E-state index in [0.29, 0.717) is 11.3 Å². The lowest BCUT2D eigenvalue weighted by atomic mass is 9.76. The molecule has 28 heavy (non-hydrogen) atoms. The van der Waals surface area contributed by atoms with E-state index in [1.807, 2.05) is 18.2 Å². The van der Waals surface area contributed by atoms with Crippen LogP contribution in [0.5, 0.6) is 0 Å². The first kappa shape index (κ1) is 17.8. The van der Waals surface area contributed by atoms with Gasteiger partial charge in [0.05, 0.1) is 17.9 Å². The molecule has 1 spiro atoms. The van der Waals surface area contributed by atoms with E-state index in [9.17, 15) is 19.5 Å². The maximum atomic E-state index is 13.6. The number of aliphatic hydroxyl groups is 1. The number of fused-ring (bicyclic) bond motifs is 4. The monoisotopic (exact) mass is 383 g/mol. The Kier molecular flexibility index (Phi) is 3.90. The molecule has 3 N–H and O–H groups in total. The SMILES string of the molecule is C[C@H](O)[C@@H]1N[C@]2(C(=O)Nc3ccccc32)[C@@H]2C(=O)N(C3CCCCC3)C(=O)[C@H]12. The van der Waals surface area contributed by atoms with Crippen molar-refractivity contribution in [2.75, 3.05) is 5.32 Å². The molecule has 7 nitrogen and oxygen atoms in total. The third-order valence-electron chi connectivity index (χ3n) is 7.05. The molecule has 3 heterocycles. The van der Waals surface area contributed by atoms with Crippen molar-refractivity contribution in [3.8, 4) is 0 Å². The van der Waals surface area contributed by atoms with Crippen LogP contribution in [-0.2, 0) is 19.9 Å². The van der Waals surface area contributed by atoms with Crippen molar-refractivity contribution in [1.29, 1.82) is 0 Å². The van der Waals surface area contributed by atoms with Gasteiger partial charge in [0.15, 0.2) is 0 Å². The number of carbonyl (C=O) groups is 3. The Hall–Kier alpha value is -2.25. The zero-order chi connectivity index (χ0) is 19.6. The molecule has 0 radical (unpaired) electrons. The van der Waals surface area contributed by atoms with E-state index in [4.69, 9.17) is 0 Å². The largest absolute Gasteiger partial charge is 0.392 e. The van der Waals surface area contributed by atoms with Gasteiger partial charge in [-0.05, 0) is 25.8 Å². The Morgan fingerprint density at radius 1 is 1.11 bits per heavy atom. The maximum absolute atomic E-state index is 13.6. The Morgan fingerprint density at radius 2 is 1.82 bits per heavy atom. The number of imide groups is 1. The van der Waals surface area contributed by atoms with Gasteiger partial charge in [0, 0.05) is 23.3 Å². The summed E-state index contributed by atoms with van der Waals surface area (Å²) in [6.45, 7) is 1.60. The van der Waals surface area contributed by atoms with Gasteiger partial charge in [0.1, 0.15) is 5.54 Å². The van der Waals surface area contributed by atoms with Crippen LogP contribution in [0.1, 0.15) is 44.6 Å². The molecule has 3 amide bonds. The summed E-state index contributed by atoms with van der Waals surface area (Å²) < 4.78 is 0. The van der Waals surface area contributed by atoms with E-state index >= 15 is 0 Å². The number of hydrogen-bond acceptors (Lipinski definition) is 5. The minimum absolute atomic E-state index is 0.0919. The normalized spacial score (nSPS) is 36.0. The zero-order valence-electron chi connectivity index (χ0n) is 15.9. The van der Waals surface area contributed by atoms with Crippen LogP contribution in [0.15, 0.2) is 24.3 Å². The van der Waals surface area contributed by atoms with E-state index < -0.39 is 29.5 Å². The summed E-state index contributed by atoms with van der Waals surface area (Å²) >= 11 is 0. The molecule has 148 valence electrons. The summed E-state index contributed by atoms with van der Waals surface area (Å²) in [7, 11) is 0. The van der Waals surface area contributed by atoms with Crippen LogP contribution in [0.4, 0.5) is 5.69 Å². The Labute approximate surface area is 163 Å². The third kappa shape index (κ3) is 2.14. The molecule has 5 rings (SSSR count). The van der Waals surface area contributed by atoms with E-state index in [1.165, 1.54) is 4.90 Å². The molecule has 0 bridgehead atoms. The van der Waals surface area contributed by atoms with Gasteiger partial charge in [-0.2, -0.15) is 0 Å². The van der Waals surface area contributed by atoms with Crippen molar-refractivity contribution in [1.82, 2.24) is 10.2 Å². The average molecular weight is 383 g/mol. The van der Waals surface area contributed by atoms with E-state index in [1.54, 1.807) is 13.0 Å². The van der Waals surface area contributed by atoms with Crippen molar-refractivity contribution in [3.63, 3.8) is 0 Å². The second-order valence-corrected chi connectivity index (χ2v) is 8.56. The fraction of sp³-hybridized carbons (Fsp3) is 0.571. The number of anilines is 1. The lowest BCUT2D eigenvalue weighted by Crippen LogP contribution is -2.56. The number of para-hydroxylation sites is 1. The number of rotatable bonds is 2. The number of aliphatic hydroxyl groups excluding tert-OH is 1. The Bertz CT molecular complexity index is 863. The summed E-state index contributed by atoms with van der Waals surface area (Å²) in [5.74, 6) is -2.39. The topological polar surface area (TPSA) is 98.7 Å². The zero-order valence-corrected chi connectivity index (χ0v) is 15.9. The first-order valence-electron chi connectivity index (χ1n) is 10.2. The number of amides is 3. The highest BCUT2D eigenvalue weighted by Crippen LogP contribution is 2.54. The number of carbonyl (C=O) groups excluding carboxylic acids is 3. The summed E-state index contributed by atoms with van der Waals surface area (Å²) in [6.07, 6.45) is 3.90. The first-order chi connectivity index (χ1) is 13.5. The highest BCUT2D eigenvalue weighted by Gasteiger charge is 2.71. The van der Waals surface area contributed by atoms with Crippen LogP contribution >= 0.6 is 0 Å². The predicted octanol–water partition coefficient (Wildman–Crippen LogP) is 1.12. The lowest BCUT2D eigenvalue weighted by Gasteiger charge is -2.34. The number of hydrogen-bond donors (Lipinski definition) is 3. The minimum atomic E-state index is -1.31. The van der Waals surface area contributed by atoms with Crippen LogP contribution in [-0.4, -0.2) is 45.9 Å². The van der Waals surface area contributed by atoms with Crippen molar-refractivity contribution in [2.45, 2.75) is 62.8 Å². The second-order valence-electron chi connectivity index (χ2n) is 8.56. The summed E-state index contributed by atoms with van der Waals surface area (Å²) in [5, 5.41) is 16.5. The molecule has 5 atom stereocenters. The molecule has 0 unspecified atom stereocenters. The molecule has 1 aromatic carbocycles. The lowest BCUT2D eigenvalue weighted by molar-refractivity contribution is -0.146. The van der Waals surface area contributed by atoms with Gasteiger partial charge in [-0.3, -0.25) is 24.6 Å². The number of nitrogens with one attached hydrogen (secondary N) is 2. The average Bonchev–Trinajstić information content (AvgIpc) is 3.28. The van der Waals surface area contributed by atoms with E-state index in [0.717, 1.165) is 32.1 Å². The number of likely N-dealkylation sites (tertiary alicyclic amines) is 1. The highest BCUT2D eigenvalue weighted by molar-refractivity contribution is 6.15. The smallest absolute Gasteiger partial charge is 0.250 e. The van der Waals surface area contributed by atoms with E-state index in [2.05, 4.69) is 10.6 Å². The van der Waals surface area contributed by atoms with Crippen molar-refractivity contribution in [2.24, 2.45) is 11.8 Å². The summed E-state index contributed by atoms with van der Waals surface area (Å²) in [5.41, 5.74) is 0.0326. The molecule has 3 aliphatic heterocycles. The number of benzene rings is 1. The van der Waals surface area contributed by atoms with Crippen molar-refractivity contribution < 1.29 is 19.5 Å². The third-order valence-corrected chi connectivity index (χ3v) is 7.05. The van der Waals surface area contributed by atoms with Crippen LogP contribution < -0.4 is 10.6 Å². The second kappa shape index (κ2) is 6.12. The van der Waals surface area contributed by atoms with Gasteiger partial charge in [0.25, 0.3) is 0 Å². The standard InChI is InChI=1S/C21H25N3O4/c1-11(25)17-15-16(19(27)24(18(15)26)12-7-3-2-4-8-12)21(23-17)13-9-5-6-10-14(13)22-20(21)28/h5-6,9-12,15-17,23,25H,2-4,7-8H2,1H3,(H,22,28)/t11-,15-,16-,17-,21-/m0/s1. The molecule has 2 saturated heterocycles. The van der Waals surface area contributed by atoms with Gasteiger partial charge >= 0.3 is 0 Å². The van der Waals surface area contributed by atoms with Gasteiger partial charge < -0.3 is 10.4 Å². The molecule has 1 saturated carbocycles. The molecule has 1 aliphatic carbocycles. The Balaban J connectivity index is 1.63. The van der Waals surface area contributed by atoms with Crippen molar-refractivity contribution in [3.05, 3.63) is 29.8 Å². The molecular weight excluding hydrogens is 358 g/mol. The van der Waals surface area contributed by atoms with Crippen LogP contribution in [0.3, 0.4) is 0 Å². The van der Waals surface area contributed by atoms with Gasteiger partial charge in [-0.15, -0.1) is 0 Å².